The molecule has 3 heteroatoms. The first-order valence-electron chi connectivity index (χ1n) is 10.4. The van der Waals surface area contributed by atoms with Crippen molar-refractivity contribution in [1.29, 1.82) is 0 Å². The van der Waals surface area contributed by atoms with Gasteiger partial charge in [-0.05, 0) is 85.4 Å². The van der Waals surface area contributed by atoms with Crippen molar-refractivity contribution >= 4 is 0 Å². The summed E-state index contributed by atoms with van der Waals surface area (Å²) in [5.41, 5.74) is 0.185. The van der Waals surface area contributed by atoms with Gasteiger partial charge in [-0.3, -0.25) is 0 Å². The highest BCUT2D eigenvalue weighted by atomic mass is 16.3. The van der Waals surface area contributed by atoms with Crippen LogP contribution in [0.4, 0.5) is 0 Å². The molecule has 0 aliphatic heterocycles. The molecule has 3 N–H and O–H groups in total. The molecule has 3 nitrogen and oxygen atoms in total. The van der Waals surface area contributed by atoms with Crippen LogP contribution in [-0.2, 0) is 0 Å². The van der Waals surface area contributed by atoms with Gasteiger partial charge in [0.2, 0.25) is 0 Å². The Morgan fingerprint density at radius 1 is 0.917 bits per heavy atom. The lowest BCUT2D eigenvalue weighted by molar-refractivity contribution is -0.204. The predicted molar refractivity (Wildman–Crippen MR) is 94.3 cm³/mol. The molecule has 0 radical (unpaired) electrons. The fourth-order valence-electron chi connectivity index (χ4n) is 7.95. The van der Waals surface area contributed by atoms with Gasteiger partial charge in [-0.25, -0.2) is 0 Å². The molecule has 0 saturated heterocycles. The molecule has 7 unspecified atom stereocenters. The van der Waals surface area contributed by atoms with E-state index in [1.807, 2.05) is 0 Å². The second-order valence-corrected chi connectivity index (χ2v) is 10.0. The van der Waals surface area contributed by atoms with Crippen molar-refractivity contribution in [1.82, 2.24) is 0 Å². The second kappa shape index (κ2) is 5.69. The molecule has 24 heavy (non-hydrogen) atoms. The number of aliphatic hydroxyl groups excluding tert-OH is 3. The summed E-state index contributed by atoms with van der Waals surface area (Å²) in [6, 6.07) is 0. The van der Waals surface area contributed by atoms with Gasteiger partial charge in [-0.1, -0.05) is 27.2 Å². The Hall–Kier alpha value is -0.120. The van der Waals surface area contributed by atoms with Crippen LogP contribution in [-0.4, -0.2) is 33.6 Å². The van der Waals surface area contributed by atoms with E-state index in [0.717, 1.165) is 38.5 Å². The monoisotopic (exact) mass is 336 g/mol. The van der Waals surface area contributed by atoms with Crippen LogP contribution in [0, 0.1) is 40.4 Å². The first-order valence-corrected chi connectivity index (χ1v) is 10.4. The van der Waals surface area contributed by atoms with Crippen LogP contribution in [0.2, 0.25) is 0 Å². The minimum atomic E-state index is -0.245. The zero-order chi connectivity index (χ0) is 17.3. The third-order valence-electron chi connectivity index (χ3n) is 9.44. The van der Waals surface area contributed by atoms with Gasteiger partial charge in [-0.2, -0.15) is 0 Å². The van der Waals surface area contributed by atoms with Crippen LogP contribution < -0.4 is 0 Å². The van der Waals surface area contributed by atoms with Gasteiger partial charge in [0, 0.05) is 0 Å². The van der Waals surface area contributed by atoms with Gasteiger partial charge in [0.15, 0.2) is 0 Å². The van der Waals surface area contributed by atoms with Gasteiger partial charge in [0.05, 0.1) is 18.3 Å². The molecule has 138 valence electrons. The molecule has 4 fully saturated rings. The largest absolute Gasteiger partial charge is 0.393 e. The summed E-state index contributed by atoms with van der Waals surface area (Å²) in [6.07, 6.45) is 7.36. The van der Waals surface area contributed by atoms with Crippen molar-refractivity contribution in [2.75, 3.05) is 0 Å². The van der Waals surface area contributed by atoms with E-state index in [0.29, 0.717) is 29.6 Å². The molecule has 0 aromatic heterocycles. The van der Waals surface area contributed by atoms with E-state index < -0.39 is 0 Å². The Morgan fingerprint density at radius 3 is 2.38 bits per heavy atom. The normalized spacial score (nSPS) is 60.2. The van der Waals surface area contributed by atoms with Crippen molar-refractivity contribution < 1.29 is 15.3 Å². The van der Waals surface area contributed by atoms with Crippen molar-refractivity contribution in [3.8, 4) is 0 Å². The lowest BCUT2D eigenvalue weighted by Crippen LogP contribution is -2.62. The van der Waals surface area contributed by atoms with Gasteiger partial charge < -0.3 is 15.3 Å². The number of aliphatic hydroxyl groups is 3. The SMILES string of the molecule is CCC1CCC2C3C(C[C@H](O)C12C)C1(C)CC[C@@H](O)CC1C[C@H]3O. The molecule has 0 heterocycles. The summed E-state index contributed by atoms with van der Waals surface area (Å²) in [5.74, 6) is 2.26. The average Bonchev–Trinajstić information content (AvgIpc) is 2.88. The lowest BCUT2D eigenvalue weighted by atomic mass is 9.43. The van der Waals surface area contributed by atoms with Gasteiger partial charge in [0.1, 0.15) is 0 Å². The van der Waals surface area contributed by atoms with E-state index in [-0.39, 0.29) is 29.1 Å². The molecule has 0 spiro atoms. The first kappa shape index (κ1) is 17.3. The average molecular weight is 337 g/mol. The number of fused-ring (bicyclic) bond motifs is 5. The van der Waals surface area contributed by atoms with Crippen molar-refractivity contribution in [3.63, 3.8) is 0 Å². The highest BCUT2D eigenvalue weighted by Crippen LogP contribution is 2.67. The molecule has 0 bridgehead atoms. The van der Waals surface area contributed by atoms with Gasteiger partial charge in [-0.15, -0.1) is 0 Å². The Morgan fingerprint density at radius 2 is 1.67 bits per heavy atom. The Kier molecular flexibility index (Phi) is 4.10. The minimum Gasteiger partial charge on any atom is -0.393 e. The van der Waals surface area contributed by atoms with E-state index >= 15 is 0 Å². The topological polar surface area (TPSA) is 60.7 Å². The summed E-state index contributed by atoms with van der Waals surface area (Å²) in [4.78, 5) is 0. The summed E-state index contributed by atoms with van der Waals surface area (Å²) >= 11 is 0. The maximum Gasteiger partial charge on any atom is 0.0602 e. The Bertz CT molecular complexity index is 493. The van der Waals surface area contributed by atoms with Crippen LogP contribution in [0.3, 0.4) is 0 Å². The van der Waals surface area contributed by atoms with Crippen LogP contribution in [0.25, 0.3) is 0 Å². The van der Waals surface area contributed by atoms with Crippen molar-refractivity contribution in [3.05, 3.63) is 0 Å². The Labute approximate surface area is 146 Å². The predicted octanol–water partition coefficient (Wildman–Crippen LogP) is 3.36. The third-order valence-corrected chi connectivity index (χ3v) is 9.44. The summed E-state index contributed by atoms with van der Waals surface area (Å²) in [5, 5.41) is 32.4. The minimum absolute atomic E-state index is 0.00568. The molecule has 0 amide bonds. The lowest BCUT2D eigenvalue weighted by Gasteiger charge is -2.63. The van der Waals surface area contributed by atoms with Crippen LogP contribution in [0.15, 0.2) is 0 Å². The smallest absolute Gasteiger partial charge is 0.0602 e. The van der Waals surface area contributed by atoms with E-state index in [9.17, 15) is 15.3 Å². The molecule has 4 rings (SSSR count). The summed E-state index contributed by atoms with van der Waals surface area (Å²) < 4.78 is 0. The Balaban J connectivity index is 1.70. The first-order chi connectivity index (χ1) is 11.3. The van der Waals surface area contributed by atoms with E-state index in [1.54, 1.807) is 0 Å². The third kappa shape index (κ3) is 2.13. The molecular formula is C21H36O3. The van der Waals surface area contributed by atoms with Crippen molar-refractivity contribution in [2.45, 2.75) is 90.4 Å². The van der Waals surface area contributed by atoms with Crippen LogP contribution in [0.1, 0.15) is 72.1 Å². The molecular weight excluding hydrogens is 300 g/mol. The maximum absolute atomic E-state index is 11.2. The zero-order valence-electron chi connectivity index (χ0n) is 15.6. The summed E-state index contributed by atoms with van der Waals surface area (Å²) in [6.45, 7) is 6.97. The molecule has 4 aliphatic carbocycles. The number of rotatable bonds is 1. The number of hydrogen-bond acceptors (Lipinski definition) is 3. The second-order valence-electron chi connectivity index (χ2n) is 10.0. The van der Waals surface area contributed by atoms with Gasteiger partial charge in [0.25, 0.3) is 0 Å². The standard InChI is InChI=1S/C21H36O3/c1-4-12-5-6-15-19-16(11-18(24)21(12,15)3)20(2)8-7-14(22)9-13(20)10-17(19)23/h12-19,22-24H,4-11H2,1-3H3/t12?,13?,14-,15?,16?,17-,18+,19?,20?,21?/m1/s1. The molecule has 4 saturated carbocycles. The molecule has 0 aromatic rings. The van der Waals surface area contributed by atoms with E-state index in [2.05, 4.69) is 20.8 Å². The number of hydrogen-bond donors (Lipinski definition) is 3. The zero-order valence-corrected chi connectivity index (χ0v) is 15.6. The quantitative estimate of drug-likeness (QED) is 0.688. The molecule has 0 aromatic carbocycles. The van der Waals surface area contributed by atoms with Gasteiger partial charge >= 0.3 is 0 Å². The fourth-order valence-corrected chi connectivity index (χ4v) is 7.95. The maximum atomic E-state index is 11.2. The van der Waals surface area contributed by atoms with E-state index in [1.165, 1.54) is 12.8 Å². The fraction of sp³-hybridized carbons (Fsp3) is 1.00. The molecule has 4 aliphatic rings. The highest BCUT2D eigenvalue weighted by Gasteiger charge is 2.64. The van der Waals surface area contributed by atoms with E-state index in [4.69, 9.17) is 0 Å². The molecule has 10 atom stereocenters. The van der Waals surface area contributed by atoms with Crippen LogP contribution in [0.5, 0.6) is 0 Å². The highest BCUT2D eigenvalue weighted by molar-refractivity contribution is 5.13. The van der Waals surface area contributed by atoms with Crippen LogP contribution >= 0.6 is 0 Å². The van der Waals surface area contributed by atoms with Crippen molar-refractivity contribution in [2.24, 2.45) is 40.4 Å². The summed E-state index contributed by atoms with van der Waals surface area (Å²) in [7, 11) is 0.